The Morgan fingerprint density at radius 1 is 1.21 bits per heavy atom. The van der Waals surface area contributed by atoms with Crippen molar-refractivity contribution >= 4 is 27.1 Å². The van der Waals surface area contributed by atoms with Crippen molar-refractivity contribution in [3.8, 4) is 12.1 Å². The second-order valence-electron chi connectivity index (χ2n) is 2.75. The molecule has 2 N–H and O–H groups in total. The highest BCUT2D eigenvalue weighted by molar-refractivity contribution is 7.20. The smallest absolute Gasteiger partial charge is 0.123 e. The molecule has 3 nitrogen and oxygen atoms in total. The number of thiophene rings is 1. The Bertz CT molecular complexity index is 584. The van der Waals surface area contributed by atoms with Crippen LogP contribution in [0.15, 0.2) is 18.2 Å². The number of hydrogen-bond acceptors (Lipinski definition) is 4. The van der Waals surface area contributed by atoms with Gasteiger partial charge < -0.3 is 5.73 Å². The number of anilines is 1. The first-order valence-electron chi connectivity index (χ1n) is 3.89. The van der Waals surface area contributed by atoms with E-state index >= 15 is 0 Å². The van der Waals surface area contributed by atoms with E-state index in [4.69, 9.17) is 16.3 Å². The number of hydrogen-bond donors (Lipinski definition) is 1. The molecule has 2 rings (SSSR count). The summed E-state index contributed by atoms with van der Waals surface area (Å²) in [5.74, 6) is 0. The highest BCUT2D eigenvalue weighted by Gasteiger charge is 2.12. The summed E-state index contributed by atoms with van der Waals surface area (Å²) < 4.78 is 0.820. The predicted molar refractivity (Wildman–Crippen MR) is 55.7 cm³/mol. The quantitative estimate of drug-likeness (QED) is 0.661. The molecule has 0 bridgehead atoms. The van der Waals surface area contributed by atoms with E-state index in [1.54, 1.807) is 12.1 Å². The Hall–Kier alpha value is -2.04. The number of nitrogen functional groups attached to an aromatic ring is 1. The molecule has 0 amide bonds. The summed E-state index contributed by atoms with van der Waals surface area (Å²) >= 11 is 1.27. The predicted octanol–water partition coefficient (Wildman–Crippen LogP) is 2.23. The maximum Gasteiger partial charge on any atom is 0.123 e. The summed E-state index contributed by atoms with van der Waals surface area (Å²) in [6.45, 7) is 0. The van der Waals surface area contributed by atoms with Crippen LogP contribution in [0.5, 0.6) is 0 Å². The second kappa shape index (κ2) is 3.02. The lowest BCUT2D eigenvalue weighted by molar-refractivity contribution is 1.49. The standard InChI is InChI=1S/C10H5N3S/c11-4-7-6-2-1-3-8(13)10(6)14-9(7)5-12/h1-3H,13H2. The number of nitriles is 2. The minimum atomic E-state index is 0.430. The van der Waals surface area contributed by atoms with Crippen LogP contribution in [-0.4, -0.2) is 0 Å². The van der Waals surface area contributed by atoms with Crippen LogP contribution >= 0.6 is 11.3 Å². The molecule has 1 aromatic carbocycles. The molecule has 14 heavy (non-hydrogen) atoms. The third-order valence-corrected chi connectivity index (χ3v) is 3.12. The lowest BCUT2D eigenvalue weighted by Crippen LogP contribution is -1.82. The normalized spacial score (nSPS) is 9.57. The fraction of sp³-hybridized carbons (Fsp3) is 0. The minimum absolute atomic E-state index is 0.430. The van der Waals surface area contributed by atoms with Crippen LogP contribution in [0.3, 0.4) is 0 Å². The first-order chi connectivity index (χ1) is 6.77. The molecule has 0 saturated carbocycles. The maximum absolute atomic E-state index is 8.89. The van der Waals surface area contributed by atoms with E-state index in [0.29, 0.717) is 16.1 Å². The van der Waals surface area contributed by atoms with Gasteiger partial charge in [-0.05, 0) is 6.07 Å². The fourth-order valence-electron chi connectivity index (χ4n) is 1.33. The molecule has 0 saturated heterocycles. The molecule has 0 unspecified atom stereocenters. The zero-order valence-corrected chi connectivity index (χ0v) is 7.93. The van der Waals surface area contributed by atoms with E-state index in [9.17, 15) is 0 Å². The molecule has 66 valence electrons. The van der Waals surface area contributed by atoms with Crippen molar-refractivity contribution in [1.29, 1.82) is 10.5 Å². The van der Waals surface area contributed by atoms with Crippen molar-refractivity contribution in [2.24, 2.45) is 0 Å². The molecule has 4 heteroatoms. The zero-order valence-electron chi connectivity index (χ0n) is 7.11. The van der Waals surface area contributed by atoms with E-state index in [1.807, 2.05) is 18.2 Å². The molecule has 0 radical (unpaired) electrons. The van der Waals surface area contributed by atoms with Crippen LogP contribution in [0.2, 0.25) is 0 Å². The Morgan fingerprint density at radius 3 is 2.64 bits per heavy atom. The van der Waals surface area contributed by atoms with Gasteiger partial charge in [-0.1, -0.05) is 12.1 Å². The van der Waals surface area contributed by atoms with Crippen molar-refractivity contribution < 1.29 is 0 Å². The Kier molecular flexibility index (Phi) is 1.85. The molecule has 0 aliphatic heterocycles. The lowest BCUT2D eigenvalue weighted by atomic mass is 10.1. The van der Waals surface area contributed by atoms with Gasteiger partial charge in [0.25, 0.3) is 0 Å². The van der Waals surface area contributed by atoms with Gasteiger partial charge in [0.1, 0.15) is 17.0 Å². The molecule has 1 heterocycles. The number of rotatable bonds is 0. The summed E-state index contributed by atoms with van der Waals surface area (Å²) in [7, 11) is 0. The highest BCUT2D eigenvalue weighted by atomic mass is 32.1. The zero-order chi connectivity index (χ0) is 10.1. The molecule has 0 aliphatic rings. The lowest BCUT2D eigenvalue weighted by Gasteiger charge is -1.92. The van der Waals surface area contributed by atoms with Crippen molar-refractivity contribution in [2.75, 3.05) is 5.73 Å². The van der Waals surface area contributed by atoms with Crippen molar-refractivity contribution in [3.05, 3.63) is 28.6 Å². The second-order valence-corrected chi connectivity index (χ2v) is 3.77. The first-order valence-corrected chi connectivity index (χ1v) is 4.70. The molecule has 0 fully saturated rings. The van der Waals surface area contributed by atoms with Gasteiger partial charge in [-0.25, -0.2) is 0 Å². The Balaban J connectivity index is 2.97. The number of nitrogens with two attached hydrogens (primary N) is 1. The molecule has 0 aliphatic carbocycles. The first kappa shape index (κ1) is 8.55. The monoisotopic (exact) mass is 199 g/mol. The molecule has 0 spiro atoms. The van der Waals surface area contributed by atoms with Crippen LogP contribution in [-0.2, 0) is 0 Å². The topological polar surface area (TPSA) is 73.6 Å². The van der Waals surface area contributed by atoms with Gasteiger partial charge in [0.2, 0.25) is 0 Å². The summed E-state index contributed by atoms with van der Waals surface area (Å²) in [5.41, 5.74) is 6.79. The summed E-state index contributed by atoms with van der Waals surface area (Å²) in [5, 5.41) is 18.5. The van der Waals surface area contributed by atoms with Gasteiger partial charge >= 0.3 is 0 Å². The highest BCUT2D eigenvalue weighted by Crippen LogP contribution is 2.33. The van der Waals surface area contributed by atoms with E-state index in [2.05, 4.69) is 0 Å². The SMILES string of the molecule is N#Cc1sc2c(N)cccc2c1C#N. The summed E-state index contributed by atoms with van der Waals surface area (Å²) in [4.78, 5) is 0.431. The average Bonchev–Trinajstić information content (AvgIpc) is 2.57. The molecule has 2 aromatic rings. The number of benzene rings is 1. The third-order valence-electron chi connectivity index (χ3n) is 1.96. The summed E-state index contributed by atoms with van der Waals surface area (Å²) in [6, 6.07) is 9.39. The fourth-order valence-corrected chi connectivity index (χ4v) is 2.30. The van der Waals surface area contributed by atoms with Crippen LogP contribution in [0.1, 0.15) is 10.4 Å². The van der Waals surface area contributed by atoms with Gasteiger partial charge in [0, 0.05) is 11.1 Å². The van der Waals surface area contributed by atoms with E-state index in [-0.39, 0.29) is 0 Å². The maximum atomic E-state index is 8.89. The largest absolute Gasteiger partial charge is 0.398 e. The molecule has 1 aromatic heterocycles. The van der Waals surface area contributed by atoms with Crippen LogP contribution in [0.4, 0.5) is 5.69 Å². The number of nitrogens with zero attached hydrogens (tertiary/aromatic N) is 2. The van der Waals surface area contributed by atoms with Crippen LogP contribution < -0.4 is 5.73 Å². The van der Waals surface area contributed by atoms with E-state index in [1.165, 1.54) is 11.3 Å². The van der Waals surface area contributed by atoms with Crippen molar-refractivity contribution in [3.63, 3.8) is 0 Å². The van der Waals surface area contributed by atoms with Crippen molar-refractivity contribution in [1.82, 2.24) is 0 Å². The van der Waals surface area contributed by atoms with Gasteiger partial charge in [-0.15, -0.1) is 11.3 Å². The van der Waals surface area contributed by atoms with Gasteiger partial charge in [-0.2, -0.15) is 10.5 Å². The van der Waals surface area contributed by atoms with Gasteiger partial charge in [0.05, 0.1) is 10.3 Å². The molecular formula is C10H5N3S. The van der Waals surface area contributed by atoms with E-state index < -0.39 is 0 Å². The van der Waals surface area contributed by atoms with E-state index in [0.717, 1.165) is 10.1 Å². The van der Waals surface area contributed by atoms with Crippen molar-refractivity contribution in [2.45, 2.75) is 0 Å². The third kappa shape index (κ3) is 1.02. The summed E-state index contributed by atoms with van der Waals surface area (Å²) in [6.07, 6.45) is 0. The van der Waals surface area contributed by atoms with Crippen LogP contribution in [0, 0.1) is 22.7 Å². The molecule has 0 atom stereocenters. The Morgan fingerprint density at radius 2 is 2.00 bits per heavy atom. The molecular weight excluding hydrogens is 194 g/mol. The van der Waals surface area contributed by atoms with Gasteiger partial charge in [0.15, 0.2) is 0 Å². The minimum Gasteiger partial charge on any atom is -0.398 e. The van der Waals surface area contributed by atoms with Gasteiger partial charge in [-0.3, -0.25) is 0 Å². The average molecular weight is 199 g/mol. The number of fused-ring (bicyclic) bond motifs is 1. The van der Waals surface area contributed by atoms with Crippen LogP contribution in [0.25, 0.3) is 10.1 Å². The Labute approximate surface area is 84.6 Å².